The molecule has 0 saturated carbocycles. The first-order valence-electron chi connectivity index (χ1n) is 20.3. The number of carbonyl (C=O) groups is 1. The van der Waals surface area contributed by atoms with Crippen LogP contribution in [0.2, 0.25) is 0 Å². The van der Waals surface area contributed by atoms with Crippen molar-refractivity contribution in [2.24, 2.45) is 5.73 Å². The maximum atomic E-state index is 12.7. The number of aliphatic hydroxyl groups excluding tert-OH is 1. The van der Waals surface area contributed by atoms with Crippen LogP contribution in [0.25, 0.3) is 0 Å². The van der Waals surface area contributed by atoms with Crippen LogP contribution in [0.4, 0.5) is 0 Å². The zero-order valence-electron chi connectivity index (χ0n) is 32.1. The van der Waals surface area contributed by atoms with Gasteiger partial charge in [0.15, 0.2) is 0 Å². The number of phosphoric acid groups is 1. The van der Waals surface area contributed by atoms with Crippen molar-refractivity contribution in [3.63, 3.8) is 0 Å². The van der Waals surface area contributed by atoms with Gasteiger partial charge in [0.05, 0.1) is 25.4 Å². The molecule has 9 heteroatoms. The van der Waals surface area contributed by atoms with E-state index in [-0.39, 0.29) is 25.7 Å². The maximum Gasteiger partial charge on any atom is 0.472 e. The minimum atomic E-state index is -4.34. The Morgan fingerprint density at radius 3 is 1.68 bits per heavy atom. The molecule has 0 fully saturated rings. The number of allylic oxidation sites excluding steroid dienone is 7. The summed E-state index contributed by atoms with van der Waals surface area (Å²) in [5, 5.41) is 13.6. The molecule has 0 aromatic carbocycles. The second kappa shape index (κ2) is 37.2. The molecule has 1 amide bonds. The molecule has 5 N–H and O–H groups in total. The van der Waals surface area contributed by atoms with Crippen molar-refractivity contribution in [3.05, 3.63) is 48.6 Å². The van der Waals surface area contributed by atoms with Gasteiger partial charge in [-0.1, -0.05) is 152 Å². The van der Waals surface area contributed by atoms with Gasteiger partial charge in [0, 0.05) is 13.0 Å². The molecular formula is C41H77N2O6P. The standard InChI is InChI=1S/C41H77N2O6P/c1-3-5-7-9-11-13-15-16-17-18-19-20-21-22-23-24-25-27-29-31-33-35-41(45)43-39(38-49-50(46,47)48-37-36-42)40(44)34-32-30-28-26-14-12-10-8-6-4-2/h14-16,18-19,26,32,34,39-40,44H,3-13,17,20-25,27-31,33,35-38,42H2,1-2H3,(H,43,45)(H,46,47)/b16-15-,19-18-,26-14+,34-32+. The van der Waals surface area contributed by atoms with Crippen molar-refractivity contribution >= 4 is 13.7 Å². The molecule has 0 rings (SSSR count). The molecule has 50 heavy (non-hydrogen) atoms. The van der Waals surface area contributed by atoms with E-state index in [1.165, 1.54) is 109 Å². The Hall–Kier alpha value is -1.54. The maximum absolute atomic E-state index is 12.7. The monoisotopic (exact) mass is 725 g/mol. The highest BCUT2D eigenvalue weighted by Gasteiger charge is 2.26. The topological polar surface area (TPSA) is 131 Å². The Bertz CT molecular complexity index is 923. The molecule has 0 aliphatic rings. The highest BCUT2D eigenvalue weighted by atomic mass is 31.2. The second-order valence-electron chi connectivity index (χ2n) is 13.5. The molecular weight excluding hydrogens is 647 g/mol. The molecule has 0 aliphatic heterocycles. The number of hydrogen-bond donors (Lipinski definition) is 4. The summed E-state index contributed by atoms with van der Waals surface area (Å²) in [7, 11) is -4.34. The van der Waals surface area contributed by atoms with Crippen LogP contribution in [-0.4, -0.2) is 47.8 Å². The largest absolute Gasteiger partial charge is 0.472 e. The Morgan fingerprint density at radius 1 is 0.660 bits per heavy atom. The predicted octanol–water partition coefficient (Wildman–Crippen LogP) is 10.9. The number of amides is 1. The van der Waals surface area contributed by atoms with Gasteiger partial charge in [-0.25, -0.2) is 4.57 Å². The number of unbranched alkanes of at least 4 members (excludes halogenated alkanes) is 19. The average molecular weight is 725 g/mol. The quantitative estimate of drug-likeness (QED) is 0.0285. The summed E-state index contributed by atoms with van der Waals surface area (Å²) in [6, 6.07) is -0.878. The van der Waals surface area contributed by atoms with Crippen LogP contribution < -0.4 is 11.1 Å². The summed E-state index contributed by atoms with van der Waals surface area (Å²) in [5.74, 6) is -0.212. The van der Waals surface area contributed by atoms with Gasteiger partial charge in [-0.3, -0.25) is 13.8 Å². The molecule has 292 valence electrons. The second-order valence-corrected chi connectivity index (χ2v) is 14.9. The van der Waals surface area contributed by atoms with Crippen LogP contribution in [-0.2, 0) is 18.4 Å². The van der Waals surface area contributed by atoms with E-state index in [2.05, 4.69) is 55.6 Å². The summed E-state index contributed by atoms with van der Waals surface area (Å²) in [5.41, 5.74) is 5.35. The lowest BCUT2D eigenvalue weighted by Gasteiger charge is -2.23. The van der Waals surface area contributed by atoms with E-state index in [4.69, 9.17) is 14.8 Å². The van der Waals surface area contributed by atoms with Crippen molar-refractivity contribution in [1.82, 2.24) is 5.32 Å². The van der Waals surface area contributed by atoms with E-state index < -0.39 is 20.0 Å². The van der Waals surface area contributed by atoms with Gasteiger partial charge in [-0.2, -0.15) is 0 Å². The van der Waals surface area contributed by atoms with E-state index >= 15 is 0 Å². The Labute approximate surface area is 307 Å². The first-order chi connectivity index (χ1) is 24.4. The highest BCUT2D eigenvalue weighted by molar-refractivity contribution is 7.47. The van der Waals surface area contributed by atoms with E-state index in [0.717, 1.165) is 44.9 Å². The van der Waals surface area contributed by atoms with Gasteiger partial charge in [-0.05, 0) is 64.2 Å². The number of phosphoric ester groups is 1. The fourth-order valence-corrected chi connectivity index (χ4v) is 6.29. The van der Waals surface area contributed by atoms with E-state index in [9.17, 15) is 19.4 Å². The van der Waals surface area contributed by atoms with Crippen LogP contribution in [0.1, 0.15) is 174 Å². The lowest BCUT2D eigenvalue weighted by atomic mass is 10.1. The van der Waals surface area contributed by atoms with Gasteiger partial charge in [0.2, 0.25) is 5.91 Å². The number of carbonyl (C=O) groups excluding carboxylic acids is 1. The Kier molecular flexibility index (Phi) is 36.1. The lowest BCUT2D eigenvalue weighted by Crippen LogP contribution is -2.45. The average Bonchev–Trinajstić information content (AvgIpc) is 3.10. The van der Waals surface area contributed by atoms with Crippen LogP contribution in [0.3, 0.4) is 0 Å². The molecule has 0 saturated heterocycles. The minimum absolute atomic E-state index is 0.0717. The third-order valence-corrected chi connectivity index (χ3v) is 9.61. The first-order valence-corrected chi connectivity index (χ1v) is 21.8. The normalized spacial score (nSPS) is 14.7. The number of aliphatic hydroxyl groups is 1. The van der Waals surface area contributed by atoms with Crippen LogP contribution >= 0.6 is 7.82 Å². The SMILES string of the molecule is CCCCCC/C=C/CC/C=C/C(O)C(COP(=O)(O)OCCN)NC(=O)CCCCCCCCCCC/C=C\C/C=C\CCCCCCC. The fourth-order valence-electron chi connectivity index (χ4n) is 5.53. The van der Waals surface area contributed by atoms with E-state index in [0.29, 0.717) is 6.42 Å². The van der Waals surface area contributed by atoms with E-state index in [1.54, 1.807) is 6.08 Å². The van der Waals surface area contributed by atoms with Crippen LogP contribution in [0.5, 0.6) is 0 Å². The molecule has 8 nitrogen and oxygen atoms in total. The molecule has 3 atom stereocenters. The number of rotatable bonds is 37. The summed E-state index contributed by atoms with van der Waals surface area (Å²) < 4.78 is 22.0. The third-order valence-electron chi connectivity index (χ3n) is 8.63. The molecule has 0 radical (unpaired) electrons. The Morgan fingerprint density at radius 2 is 1.12 bits per heavy atom. The van der Waals surface area contributed by atoms with Crippen LogP contribution in [0.15, 0.2) is 48.6 Å². The van der Waals surface area contributed by atoms with Gasteiger partial charge in [0.1, 0.15) is 0 Å². The molecule has 0 aliphatic carbocycles. The zero-order valence-corrected chi connectivity index (χ0v) is 33.0. The van der Waals surface area contributed by atoms with Crippen molar-refractivity contribution in [2.75, 3.05) is 19.8 Å². The number of hydrogen-bond acceptors (Lipinski definition) is 6. The summed E-state index contributed by atoms with van der Waals surface area (Å²) in [4.78, 5) is 22.6. The summed E-state index contributed by atoms with van der Waals surface area (Å²) >= 11 is 0. The molecule has 0 spiro atoms. The number of nitrogens with one attached hydrogen (secondary N) is 1. The predicted molar refractivity (Wildman–Crippen MR) is 212 cm³/mol. The minimum Gasteiger partial charge on any atom is -0.387 e. The van der Waals surface area contributed by atoms with Gasteiger partial charge in [0.25, 0.3) is 0 Å². The van der Waals surface area contributed by atoms with Crippen molar-refractivity contribution < 1.29 is 28.4 Å². The van der Waals surface area contributed by atoms with Crippen LogP contribution in [0, 0.1) is 0 Å². The smallest absolute Gasteiger partial charge is 0.387 e. The lowest BCUT2D eigenvalue weighted by molar-refractivity contribution is -0.123. The molecule has 0 bridgehead atoms. The van der Waals surface area contributed by atoms with Crippen molar-refractivity contribution in [1.29, 1.82) is 0 Å². The highest BCUT2D eigenvalue weighted by Crippen LogP contribution is 2.43. The van der Waals surface area contributed by atoms with Crippen molar-refractivity contribution in [3.8, 4) is 0 Å². The van der Waals surface area contributed by atoms with Gasteiger partial charge >= 0.3 is 7.82 Å². The van der Waals surface area contributed by atoms with Gasteiger partial charge in [-0.15, -0.1) is 0 Å². The summed E-state index contributed by atoms with van der Waals surface area (Å²) in [6.07, 6.45) is 44.5. The first kappa shape index (κ1) is 48.5. The Balaban J connectivity index is 4.19. The summed E-state index contributed by atoms with van der Waals surface area (Å²) in [6.45, 7) is 4.05. The molecule has 0 heterocycles. The number of nitrogens with two attached hydrogens (primary N) is 1. The molecule has 3 unspecified atom stereocenters. The van der Waals surface area contributed by atoms with Crippen molar-refractivity contribution in [2.45, 2.75) is 187 Å². The van der Waals surface area contributed by atoms with E-state index in [1.807, 2.05) is 6.08 Å². The van der Waals surface area contributed by atoms with Gasteiger partial charge < -0.3 is 21.1 Å². The molecule has 0 aromatic heterocycles. The third kappa shape index (κ3) is 34.9. The fraction of sp³-hybridized carbons (Fsp3) is 0.780. The zero-order chi connectivity index (χ0) is 36.8. The molecule has 0 aromatic rings.